The second kappa shape index (κ2) is 29.4. The minimum atomic E-state index is -2.22. The van der Waals surface area contributed by atoms with E-state index in [0.29, 0.717) is 13.0 Å². The number of hydrogen-bond donors (Lipinski definition) is 8. The van der Waals surface area contributed by atoms with Gasteiger partial charge in [0.25, 0.3) is 0 Å². The molecule has 2 aliphatic rings. The van der Waals surface area contributed by atoms with E-state index in [4.69, 9.17) is 29.2 Å². The zero-order valence-electron chi connectivity index (χ0n) is 31.6. The summed E-state index contributed by atoms with van der Waals surface area (Å²) < 4.78 is 20.8. The molecule has 0 aromatic carbocycles. The molecule has 0 radical (unpaired) electrons. The molecule has 13 heteroatoms. The van der Waals surface area contributed by atoms with E-state index in [-0.39, 0.29) is 5.97 Å². The topological polar surface area (TPSA) is 216 Å². The normalized spacial score (nSPS) is 29.1. The molecule has 0 spiro atoms. The van der Waals surface area contributed by atoms with E-state index in [1.807, 2.05) is 0 Å². The van der Waals surface area contributed by atoms with Gasteiger partial charge in [-0.2, -0.15) is 0 Å². The zero-order valence-corrected chi connectivity index (χ0v) is 31.6. The third-order valence-electron chi connectivity index (χ3n) is 9.82. The summed E-state index contributed by atoms with van der Waals surface area (Å²) in [6.07, 6.45) is 15.8. The fourth-order valence-electron chi connectivity index (χ4n) is 6.41. The lowest BCUT2D eigenvalue weighted by molar-refractivity contribution is -0.383. The van der Waals surface area contributed by atoms with Crippen molar-refractivity contribution < 1.29 is 64.6 Å². The molecule has 51 heavy (non-hydrogen) atoms. The summed E-state index contributed by atoms with van der Waals surface area (Å²) >= 11 is 0. The molecule has 0 bridgehead atoms. The first-order valence-electron chi connectivity index (χ1n) is 20.0. The smallest absolute Gasteiger partial charge is 0.305 e. The van der Waals surface area contributed by atoms with Crippen LogP contribution in [-0.4, -0.2) is 128 Å². The zero-order chi connectivity index (χ0) is 37.9. The molecule has 2 saturated heterocycles. The first-order valence-corrected chi connectivity index (χ1v) is 20.0. The monoisotopic (exact) mass is 739 g/mol. The van der Waals surface area contributed by atoms with Crippen LogP contribution in [0.25, 0.3) is 0 Å². The van der Waals surface area contributed by atoms with E-state index in [0.717, 1.165) is 12.8 Å². The van der Waals surface area contributed by atoms with Gasteiger partial charge in [-0.05, 0) is 12.8 Å². The summed E-state index contributed by atoms with van der Waals surface area (Å²) in [5.74, 6) is -2.20. The van der Waals surface area contributed by atoms with E-state index in [1.54, 1.807) is 0 Å². The average Bonchev–Trinajstić information content (AvgIpc) is 3.38. The first kappa shape index (κ1) is 48.0. The van der Waals surface area contributed by atoms with Gasteiger partial charge in [-0.25, -0.2) is 0 Å². The standard InChI is InChI=1S/C26H52O2.C12H22O11/c1-3-5-7-9-11-12-13-14-15-16-17-18-19-20-22-24-26(27)28-25-23-21-10-8-6-4-2;13-1-4-6(16)8(18)9(19)11(21-4)23-12(3-15)10(20)7(17)5(2-14)22-12/h3-25H2,1-2H3;4-11,13-20H,1-3H2/t;4-,5-,6-,7-,8+,9-,10+,11-,12+/m.1/s1. The predicted octanol–water partition coefficient (Wildman–Crippen LogP) is 3.76. The number of aliphatic hydroxyl groups excluding tert-OH is 8. The predicted molar refractivity (Wildman–Crippen MR) is 193 cm³/mol. The number of carbonyl (C=O) groups excluding carboxylic acids is 1. The van der Waals surface area contributed by atoms with Crippen molar-refractivity contribution in [3.05, 3.63) is 0 Å². The average molecular weight is 739 g/mol. The molecule has 2 heterocycles. The summed E-state index contributed by atoms with van der Waals surface area (Å²) in [6.45, 7) is 2.83. The van der Waals surface area contributed by atoms with E-state index >= 15 is 0 Å². The molecule has 8 N–H and O–H groups in total. The highest BCUT2D eigenvalue weighted by Gasteiger charge is 2.58. The van der Waals surface area contributed by atoms with Gasteiger partial charge < -0.3 is 59.8 Å². The van der Waals surface area contributed by atoms with Crippen molar-refractivity contribution in [1.82, 2.24) is 0 Å². The fraction of sp³-hybridized carbons (Fsp3) is 0.974. The number of ether oxygens (including phenoxy) is 4. The molecular formula is C38H74O13. The maximum atomic E-state index is 11.7. The Kier molecular flexibility index (Phi) is 27.7. The minimum absolute atomic E-state index is 0.0169. The quantitative estimate of drug-likeness (QED) is 0.0425. The van der Waals surface area contributed by atoms with Gasteiger partial charge in [0, 0.05) is 6.42 Å². The van der Waals surface area contributed by atoms with Crippen LogP contribution < -0.4 is 0 Å². The van der Waals surface area contributed by atoms with Crippen molar-refractivity contribution in [3.8, 4) is 0 Å². The van der Waals surface area contributed by atoms with Gasteiger partial charge in [0.15, 0.2) is 6.29 Å². The molecule has 2 aliphatic heterocycles. The van der Waals surface area contributed by atoms with Crippen molar-refractivity contribution in [2.24, 2.45) is 0 Å². The van der Waals surface area contributed by atoms with E-state index in [1.165, 1.54) is 122 Å². The van der Waals surface area contributed by atoms with Crippen LogP contribution in [0.5, 0.6) is 0 Å². The molecule has 0 amide bonds. The Morgan fingerprint density at radius 3 is 1.45 bits per heavy atom. The number of aliphatic hydroxyl groups is 8. The van der Waals surface area contributed by atoms with Gasteiger partial charge in [-0.1, -0.05) is 136 Å². The van der Waals surface area contributed by atoms with Gasteiger partial charge in [-0.3, -0.25) is 4.79 Å². The Labute approximate surface area is 306 Å². The SMILES string of the molecule is CCCCCCCCCCCCCCCCCC(=O)OCCCCCCCC.OC[C@H]1O[C@@](CO)(O[C@H]2O[C@H](CO)[C@@H](O)[C@H](O)[C@H]2O)[C@@H](O)[C@@H]1O. The Morgan fingerprint density at radius 2 is 1.02 bits per heavy atom. The largest absolute Gasteiger partial charge is 0.466 e. The lowest BCUT2D eigenvalue weighted by atomic mass is 9.99. The molecule has 304 valence electrons. The van der Waals surface area contributed by atoms with Crippen LogP contribution in [0.4, 0.5) is 0 Å². The molecule has 13 nitrogen and oxygen atoms in total. The third-order valence-corrected chi connectivity index (χ3v) is 9.82. The van der Waals surface area contributed by atoms with Crippen molar-refractivity contribution in [2.45, 2.75) is 210 Å². The lowest BCUT2D eigenvalue weighted by Gasteiger charge is -2.43. The first-order chi connectivity index (χ1) is 24.6. The van der Waals surface area contributed by atoms with Crippen LogP contribution in [-0.2, 0) is 23.7 Å². The lowest BCUT2D eigenvalue weighted by Crippen LogP contribution is -2.62. The van der Waals surface area contributed by atoms with E-state index < -0.39 is 74.6 Å². The van der Waals surface area contributed by atoms with Crippen molar-refractivity contribution in [3.63, 3.8) is 0 Å². The van der Waals surface area contributed by atoms with E-state index in [2.05, 4.69) is 13.8 Å². The number of unbranched alkanes of at least 4 members (excludes halogenated alkanes) is 19. The highest BCUT2D eigenvalue weighted by molar-refractivity contribution is 5.69. The Morgan fingerprint density at radius 1 is 0.569 bits per heavy atom. The third kappa shape index (κ3) is 18.8. The van der Waals surface area contributed by atoms with Crippen molar-refractivity contribution in [2.75, 3.05) is 26.4 Å². The van der Waals surface area contributed by atoms with Crippen LogP contribution in [0.2, 0.25) is 0 Å². The van der Waals surface area contributed by atoms with Crippen LogP contribution >= 0.6 is 0 Å². The van der Waals surface area contributed by atoms with Crippen LogP contribution in [0, 0.1) is 0 Å². The second-order valence-electron chi connectivity index (χ2n) is 14.2. The molecule has 0 aliphatic carbocycles. The number of rotatable bonds is 28. The molecule has 9 atom stereocenters. The highest BCUT2D eigenvalue weighted by Crippen LogP contribution is 2.36. The minimum Gasteiger partial charge on any atom is -0.466 e. The Hall–Kier alpha value is -0.970. The second-order valence-corrected chi connectivity index (χ2v) is 14.2. The summed E-state index contributed by atoms with van der Waals surface area (Å²) in [6, 6.07) is 0. The summed E-state index contributed by atoms with van der Waals surface area (Å²) in [7, 11) is 0. The maximum Gasteiger partial charge on any atom is 0.305 e. The van der Waals surface area contributed by atoms with Gasteiger partial charge in [0.1, 0.15) is 49.3 Å². The van der Waals surface area contributed by atoms with Crippen LogP contribution in [0.1, 0.15) is 155 Å². The molecule has 0 saturated carbocycles. The Bertz CT molecular complexity index is 834. The number of esters is 1. The number of hydrogen-bond acceptors (Lipinski definition) is 13. The Balaban J connectivity index is 0.000000518. The molecule has 0 aromatic heterocycles. The summed E-state index contributed by atoms with van der Waals surface area (Å²) in [5.41, 5.74) is 0. The fourth-order valence-corrected chi connectivity index (χ4v) is 6.41. The van der Waals surface area contributed by atoms with Crippen LogP contribution in [0.15, 0.2) is 0 Å². The molecule has 0 aromatic rings. The van der Waals surface area contributed by atoms with E-state index in [9.17, 15) is 35.4 Å². The van der Waals surface area contributed by atoms with Gasteiger partial charge in [-0.15, -0.1) is 0 Å². The summed E-state index contributed by atoms with van der Waals surface area (Å²) in [5, 5.41) is 76.7. The van der Waals surface area contributed by atoms with Gasteiger partial charge in [0.05, 0.1) is 19.8 Å². The maximum absolute atomic E-state index is 11.7. The molecule has 0 unspecified atom stereocenters. The van der Waals surface area contributed by atoms with Crippen molar-refractivity contribution >= 4 is 5.97 Å². The van der Waals surface area contributed by atoms with Crippen molar-refractivity contribution in [1.29, 1.82) is 0 Å². The molecule has 2 rings (SSSR count). The highest BCUT2D eigenvalue weighted by atomic mass is 16.8. The van der Waals surface area contributed by atoms with Crippen LogP contribution in [0.3, 0.4) is 0 Å². The summed E-state index contributed by atoms with van der Waals surface area (Å²) in [4.78, 5) is 11.7. The van der Waals surface area contributed by atoms with Gasteiger partial charge in [0.2, 0.25) is 5.79 Å². The number of carbonyl (C=O) groups is 1. The molecule has 2 fully saturated rings. The molecular weight excluding hydrogens is 664 g/mol. The van der Waals surface area contributed by atoms with Gasteiger partial charge >= 0.3 is 5.97 Å².